The monoisotopic (exact) mass is 469 g/mol. The third kappa shape index (κ3) is 3.21. The minimum absolute atomic E-state index is 0.0581. The molecule has 176 valence electrons. The molecule has 4 heterocycles. The minimum Gasteiger partial charge on any atom is -0.346 e. The van der Waals surface area contributed by atoms with Gasteiger partial charge in [0.05, 0.1) is 29.6 Å². The van der Waals surface area contributed by atoms with Gasteiger partial charge in [-0.15, -0.1) is 0 Å². The van der Waals surface area contributed by atoms with Gasteiger partial charge in [0, 0.05) is 41.8 Å². The summed E-state index contributed by atoms with van der Waals surface area (Å²) in [6.45, 7) is 10.2. The fourth-order valence-corrected chi connectivity index (χ4v) is 6.16. The second-order valence-corrected chi connectivity index (χ2v) is 10.6. The van der Waals surface area contributed by atoms with Gasteiger partial charge in [0.2, 0.25) is 10.0 Å². The lowest BCUT2D eigenvalue weighted by Crippen LogP contribution is -2.64. The van der Waals surface area contributed by atoms with Gasteiger partial charge in [-0.1, -0.05) is 27.7 Å². The molecule has 0 radical (unpaired) electrons. The van der Waals surface area contributed by atoms with E-state index in [1.54, 1.807) is 13.3 Å². The Labute approximate surface area is 194 Å². The van der Waals surface area contributed by atoms with Crippen molar-refractivity contribution in [3.05, 3.63) is 30.0 Å². The lowest BCUT2D eigenvalue weighted by atomic mass is 9.83. The van der Waals surface area contributed by atoms with E-state index < -0.39 is 15.6 Å². The zero-order chi connectivity index (χ0) is 24.0. The summed E-state index contributed by atoms with van der Waals surface area (Å²) in [5.74, 6) is 0.0581. The predicted molar refractivity (Wildman–Crippen MR) is 127 cm³/mol. The number of nitriles is 1. The SMILES string of the molecule is CC.CC.CCS(=O)(=O)N1CC(CC#N)(n2cc3c(n2)C2(CC2)c2c[nH]c4ncnc-3c24)C1. The normalized spacial score (nSPS) is 18.8. The lowest BCUT2D eigenvalue weighted by molar-refractivity contribution is 0.0713. The molecule has 2 fully saturated rings. The standard InChI is InChI=1S/C19H19N7O2S.2C2H6/c1-2-29(27,28)25-9-18(10-25,5-6-20)26-8-12-15-14-13(7-21-17(14)23-11-22-15)19(3-4-19)16(12)24-26;2*1-2/h7-8,11H,2-5,9-10H2,1H3,(H,21,22,23);2*1-2H3. The Kier molecular flexibility index (Phi) is 5.83. The van der Waals surface area contributed by atoms with E-state index in [1.807, 2.05) is 44.8 Å². The molecule has 1 saturated heterocycles. The van der Waals surface area contributed by atoms with Crippen LogP contribution in [-0.4, -0.2) is 56.3 Å². The minimum atomic E-state index is -3.28. The number of nitrogens with zero attached hydrogens (tertiary/aromatic N) is 6. The molecule has 0 bridgehead atoms. The number of hydrogen-bond donors (Lipinski definition) is 1. The van der Waals surface area contributed by atoms with Crippen molar-refractivity contribution >= 4 is 21.1 Å². The molecule has 2 aliphatic carbocycles. The van der Waals surface area contributed by atoms with Crippen molar-refractivity contribution in [2.24, 2.45) is 0 Å². The summed E-state index contributed by atoms with van der Waals surface area (Å²) in [6, 6.07) is 2.23. The maximum Gasteiger partial charge on any atom is 0.213 e. The average Bonchev–Trinajstić information content (AvgIpc) is 3.27. The first-order valence-electron chi connectivity index (χ1n) is 11.7. The molecule has 0 aromatic carbocycles. The van der Waals surface area contributed by atoms with Gasteiger partial charge in [0.1, 0.15) is 17.5 Å². The van der Waals surface area contributed by atoms with Crippen molar-refractivity contribution < 1.29 is 8.42 Å². The third-order valence-corrected chi connectivity index (χ3v) is 8.53. The second kappa shape index (κ2) is 8.22. The van der Waals surface area contributed by atoms with E-state index in [4.69, 9.17) is 5.10 Å². The molecule has 1 aliphatic heterocycles. The van der Waals surface area contributed by atoms with E-state index in [0.717, 1.165) is 40.8 Å². The molecular formula is C23H31N7O2S. The van der Waals surface area contributed by atoms with Gasteiger partial charge in [-0.3, -0.25) is 4.68 Å². The highest BCUT2D eigenvalue weighted by molar-refractivity contribution is 7.89. The fraction of sp³-hybridized carbons (Fsp3) is 0.565. The van der Waals surface area contributed by atoms with E-state index in [-0.39, 0.29) is 30.7 Å². The summed E-state index contributed by atoms with van der Waals surface area (Å²) in [5, 5.41) is 15.4. The maximum absolute atomic E-state index is 12.2. The summed E-state index contributed by atoms with van der Waals surface area (Å²) in [4.78, 5) is 12.2. The summed E-state index contributed by atoms with van der Waals surface area (Å²) in [5.41, 5.74) is 4.07. The van der Waals surface area contributed by atoms with Gasteiger partial charge in [0.25, 0.3) is 0 Å². The summed E-state index contributed by atoms with van der Waals surface area (Å²) >= 11 is 0. The average molecular weight is 470 g/mol. The molecule has 1 spiro atoms. The summed E-state index contributed by atoms with van der Waals surface area (Å²) < 4.78 is 27.8. The third-order valence-electron chi connectivity index (χ3n) is 6.75. The van der Waals surface area contributed by atoms with Crippen LogP contribution in [0.25, 0.3) is 22.3 Å². The van der Waals surface area contributed by atoms with E-state index in [1.165, 1.54) is 9.87 Å². The number of hydrogen-bond acceptors (Lipinski definition) is 6. The molecule has 3 aromatic heterocycles. The predicted octanol–water partition coefficient (Wildman–Crippen LogP) is 3.54. The fourth-order valence-electron chi connectivity index (χ4n) is 4.92. The van der Waals surface area contributed by atoms with Gasteiger partial charge in [0.15, 0.2) is 0 Å². The van der Waals surface area contributed by atoms with E-state index in [2.05, 4.69) is 21.0 Å². The van der Waals surface area contributed by atoms with Crippen molar-refractivity contribution in [3.63, 3.8) is 0 Å². The highest BCUT2D eigenvalue weighted by Crippen LogP contribution is 2.60. The molecular weight excluding hydrogens is 438 g/mol. The van der Waals surface area contributed by atoms with Crippen molar-refractivity contribution in [2.45, 2.75) is 64.8 Å². The molecule has 10 heteroatoms. The van der Waals surface area contributed by atoms with Gasteiger partial charge in [-0.25, -0.2) is 18.4 Å². The van der Waals surface area contributed by atoms with Crippen molar-refractivity contribution in [1.29, 1.82) is 5.26 Å². The molecule has 3 aliphatic rings. The van der Waals surface area contributed by atoms with Gasteiger partial charge in [-0.05, 0) is 25.3 Å². The van der Waals surface area contributed by atoms with Gasteiger partial charge < -0.3 is 4.98 Å². The number of aromatic amines is 1. The maximum atomic E-state index is 12.2. The van der Waals surface area contributed by atoms with Crippen LogP contribution in [0.4, 0.5) is 0 Å². The van der Waals surface area contributed by atoms with Gasteiger partial charge in [-0.2, -0.15) is 14.7 Å². The Morgan fingerprint density at radius 3 is 2.48 bits per heavy atom. The number of H-pyrrole nitrogens is 1. The molecule has 6 rings (SSSR count). The van der Waals surface area contributed by atoms with Crippen LogP contribution in [0, 0.1) is 11.3 Å². The topological polar surface area (TPSA) is 121 Å². The van der Waals surface area contributed by atoms with Crippen molar-refractivity contribution in [1.82, 2.24) is 29.0 Å². The molecule has 0 amide bonds. The zero-order valence-corrected chi connectivity index (χ0v) is 20.7. The quantitative estimate of drug-likeness (QED) is 0.624. The Bertz CT molecular complexity index is 1320. The first-order valence-corrected chi connectivity index (χ1v) is 13.3. The number of sulfonamides is 1. The van der Waals surface area contributed by atoms with Crippen LogP contribution >= 0.6 is 0 Å². The molecule has 33 heavy (non-hydrogen) atoms. The first kappa shape index (κ1) is 23.4. The molecule has 1 N–H and O–H groups in total. The van der Waals surface area contributed by atoms with Crippen LogP contribution in [0.1, 0.15) is 65.1 Å². The van der Waals surface area contributed by atoms with Crippen molar-refractivity contribution in [2.75, 3.05) is 18.8 Å². The number of rotatable bonds is 4. The Morgan fingerprint density at radius 1 is 1.18 bits per heavy atom. The molecule has 0 unspecified atom stereocenters. The Hall–Kier alpha value is -2.77. The number of fused-ring (bicyclic) bond motifs is 4. The molecule has 3 aromatic rings. The van der Waals surface area contributed by atoms with E-state index >= 15 is 0 Å². The Morgan fingerprint density at radius 2 is 1.88 bits per heavy atom. The van der Waals surface area contributed by atoms with E-state index in [9.17, 15) is 13.7 Å². The van der Waals surface area contributed by atoms with Crippen LogP contribution in [0.15, 0.2) is 18.7 Å². The molecule has 1 saturated carbocycles. The second-order valence-electron chi connectivity index (χ2n) is 8.29. The highest BCUT2D eigenvalue weighted by Gasteiger charge is 2.56. The lowest BCUT2D eigenvalue weighted by Gasteiger charge is -2.47. The van der Waals surface area contributed by atoms with Crippen LogP contribution in [0.2, 0.25) is 0 Å². The number of aromatic nitrogens is 5. The van der Waals surface area contributed by atoms with Gasteiger partial charge >= 0.3 is 0 Å². The van der Waals surface area contributed by atoms with Crippen molar-refractivity contribution in [3.8, 4) is 17.3 Å². The summed E-state index contributed by atoms with van der Waals surface area (Å²) in [7, 11) is -3.28. The smallest absolute Gasteiger partial charge is 0.213 e. The van der Waals surface area contributed by atoms with Crippen LogP contribution in [0.3, 0.4) is 0 Å². The van der Waals surface area contributed by atoms with E-state index in [0.29, 0.717) is 0 Å². The Balaban J connectivity index is 0.000000617. The summed E-state index contributed by atoms with van der Waals surface area (Å²) in [6.07, 6.45) is 7.76. The van der Waals surface area contributed by atoms with Crippen LogP contribution in [-0.2, 0) is 21.0 Å². The first-order chi connectivity index (χ1) is 15.9. The van der Waals surface area contributed by atoms with Crippen LogP contribution < -0.4 is 0 Å². The molecule has 0 atom stereocenters. The number of nitrogens with one attached hydrogen (secondary N) is 1. The highest BCUT2D eigenvalue weighted by atomic mass is 32.2. The molecule has 9 nitrogen and oxygen atoms in total. The zero-order valence-electron chi connectivity index (χ0n) is 19.9. The largest absolute Gasteiger partial charge is 0.346 e. The van der Waals surface area contributed by atoms with Crippen LogP contribution in [0.5, 0.6) is 0 Å².